The van der Waals surface area contributed by atoms with Crippen LogP contribution >= 0.6 is 12.2 Å². The lowest BCUT2D eigenvalue weighted by molar-refractivity contribution is 0.568. The van der Waals surface area contributed by atoms with Gasteiger partial charge in [-0.3, -0.25) is 0 Å². The number of halogens is 1. The smallest absolute Gasteiger partial charge is 0.178 e. The summed E-state index contributed by atoms with van der Waals surface area (Å²) in [7, 11) is -3.03. The number of aromatic nitrogens is 2. The van der Waals surface area contributed by atoms with E-state index >= 15 is 0 Å². The Balaban J connectivity index is 2.09. The zero-order valence-corrected chi connectivity index (χ0v) is 11.7. The number of H-pyrrole nitrogens is 1. The quantitative estimate of drug-likeness (QED) is 0.867. The van der Waals surface area contributed by atoms with Gasteiger partial charge in [0, 0.05) is 6.54 Å². The number of hydrogen-bond acceptors (Lipinski definition) is 3. The van der Waals surface area contributed by atoms with E-state index in [2.05, 4.69) is 4.98 Å². The molecule has 1 atom stereocenters. The van der Waals surface area contributed by atoms with E-state index < -0.39 is 15.1 Å². The number of benzene rings is 1. The standard InChI is InChI=1S/C12H13FN2O2S2/c13-9-4-1-5-10-11(9)14-12(18)15(10)7-8-3-2-6-19(8,16)17/h1,4-5,8H,2-3,6-7H2,(H,14,18). The highest BCUT2D eigenvalue weighted by molar-refractivity contribution is 7.92. The first-order valence-corrected chi connectivity index (χ1v) is 8.20. The van der Waals surface area contributed by atoms with Gasteiger partial charge in [0.05, 0.1) is 16.5 Å². The molecule has 19 heavy (non-hydrogen) atoms. The molecular weight excluding hydrogens is 287 g/mol. The molecule has 1 fully saturated rings. The lowest BCUT2D eigenvalue weighted by Crippen LogP contribution is -2.22. The van der Waals surface area contributed by atoms with Gasteiger partial charge in [-0.15, -0.1) is 0 Å². The molecular formula is C12H13FN2O2S2. The lowest BCUT2D eigenvalue weighted by Gasteiger charge is -2.11. The number of para-hydroxylation sites is 1. The van der Waals surface area contributed by atoms with E-state index in [9.17, 15) is 12.8 Å². The molecule has 1 aromatic carbocycles. The van der Waals surface area contributed by atoms with Gasteiger partial charge in [-0.05, 0) is 37.2 Å². The largest absolute Gasteiger partial charge is 0.328 e. The predicted molar refractivity (Wildman–Crippen MR) is 73.9 cm³/mol. The normalized spacial score (nSPS) is 22.1. The van der Waals surface area contributed by atoms with E-state index in [0.717, 1.165) is 0 Å². The Labute approximate surface area is 115 Å². The predicted octanol–water partition coefficient (Wildman–Crippen LogP) is 2.42. The molecule has 102 valence electrons. The summed E-state index contributed by atoms with van der Waals surface area (Å²) in [5, 5.41) is -0.415. The van der Waals surface area contributed by atoms with Crippen LogP contribution in [-0.2, 0) is 16.4 Å². The van der Waals surface area contributed by atoms with Gasteiger partial charge in [-0.25, -0.2) is 12.8 Å². The van der Waals surface area contributed by atoms with Crippen LogP contribution in [0.3, 0.4) is 0 Å². The molecule has 2 aromatic rings. The van der Waals surface area contributed by atoms with Gasteiger partial charge in [-0.1, -0.05) is 6.07 Å². The molecule has 1 aromatic heterocycles. The van der Waals surface area contributed by atoms with Crippen molar-refractivity contribution in [1.29, 1.82) is 0 Å². The highest BCUT2D eigenvalue weighted by Gasteiger charge is 2.32. The number of imidazole rings is 1. The third kappa shape index (κ3) is 2.10. The van der Waals surface area contributed by atoms with Gasteiger partial charge in [0.1, 0.15) is 11.3 Å². The summed E-state index contributed by atoms with van der Waals surface area (Å²) in [6, 6.07) is 4.69. The summed E-state index contributed by atoms with van der Waals surface area (Å²) in [4.78, 5) is 2.80. The van der Waals surface area contributed by atoms with Crippen LogP contribution in [0.4, 0.5) is 4.39 Å². The van der Waals surface area contributed by atoms with E-state index in [4.69, 9.17) is 12.2 Å². The van der Waals surface area contributed by atoms with Crippen LogP contribution in [0.25, 0.3) is 11.0 Å². The minimum atomic E-state index is -3.03. The third-order valence-electron chi connectivity index (χ3n) is 3.61. The number of hydrogen-bond donors (Lipinski definition) is 1. The fourth-order valence-corrected chi connectivity index (χ4v) is 4.67. The maximum atomic E-state index is 13.6. The second-order valence-corrected chi connectivity index (χ2v) is 7.59. The molecule has 7 heteroatoms. The zero-order chi connectivity index (χ0) is 13.6. The number of sulfone groups is 1. The van der Waals surface area contributed by atoms with Crippen LogP contribution in [0.2, 0.25) is 0 Å². The number of nitrogens with one attached hydrogen (secondary N) is 1. The van der Waals surface area contributed by atoms with Gasteiger partial charge >= 0.3 is 0 Å². The lowest BCUT2D eigenvalue weighted by atomic mass is 10.2. The number of aromatic amines is 1. The van der Waals surface area contributed by atoms with E-state index in [-0.39, 0.29) is 11.6 Å². The Morgan fingerprint density at radius 2 is 2.26 bits per heavy atom. The van der Waals surface area contributed by atoms with Crippen molar-refractivity contribution in [3.8, 4) is 0 Å². The average Bonchev–Trinajstić information content (AvgIpc) is 2.83. The first-order chi connectivity index (χ1) is 8.99. The van der Waals surface area contributed by atoms with E-state index in [1.165, 1.54) is 6.07 Å². The van der Waals surface area contributed by atoms with Crippen LogP contribution in [0.5, 0.6) is 0 Å². The zero-order valence-electron chi connectivity index (χ0n) is 10.1. The summed E-state index contributed by atoms with van der Waals surface area (Å²) in [5.41, 5.74) is 0.954. The van der Waals surface area contributed by atoms with Gasteiger partial charge in [-0.2, -0.15) is 0 Å². The molecule has 0 saturated carbocycles. The van der Waals surface area contributed by atoms with Gasteiger partial charge in [0.15, 0.2) is 14.6 Å². The molecule has 1 saturated heterocycles. The molecule has 0 amide bonds. The van der Waals surface area contributed by atoms with Crippen LogP contribution in [-0.4, -0.2) is 29.0 Å². The minimum absolute atomic E-state index is 0.238. The average molecular weight is 300 g/mol. The molecule has 3 rings (SSSR count). The van der Waals surface area contributed by atoms with Crippen molar-refractivity contribution in [1.82, 2.24) is 9.55 Å². The van der Waals surface area contributed by atoms with Crippen molar-refractivity contribution in [2.24, 2.45) is 0 Å². The topological polar surface area (TPSA) is 54.9 Å². The molecule has 1 aliphatic heterocycles. The Bertz CT molecular complexity index is 792. The summed E-state index contributed by atoms with van der Waals surface area (Å²) in [6.45, 7) is 0.296. The maximum Gasteiger partial charge on any atom is 0.178 e. The first-order valence-electron chi connectivity index (χ1n) is 6.07. The Hall–Kier alpha value is -1.21. The Morgan fingerprint density at radius 3 is 2.95 bits per heavy atom. The van der Waals surface area contributed by atoms with Gasteiger partial charge in [0.25, 0.3) is 0 Å². The van der Waals surface area contributed by atoms with E-state index in [1.54, 1.807) is 16.7 Å². The summed E-state index contributed by atoms with van der Waals surface area (Å²) >= 11 is 5.17. The number of nitrogens with zero attached hydrogens (tertiary/aromatic N) is 1. The monoisotopic (exact) mass is 300 g/mol. The second-order valence-electron chi connectivity index (χ2n) is 4.81. The van der Waals surface area contributed by atoms with Crippen molar-refractivity contribution in [3.63, 3.8) is 0 Å². The molecule has 1 aliphatic rings. The van der Waals surface area contributed by atoms with Gasteiger partial charge < -0.3 is 9.55 Å². The van der Waals surface area contributed by atoms with Crippen molar-refractivity contribution >= 4 is 33.1 Å². The van der Waals surface area contributed by atoms with E-state index in [1.807, 2.05) is 0 Å². The summed E-state index contributed by atoms with van der Waals surface area (Å²) in [5.74, 6) is -0.140. The molecule has 2 heterocycles. The van der Waals surface area contributed by atoms with Crippen LogP contribution in [0.15, 0.2) is 18.2 Å². The van der Waals surface area contributed by atoms with Crippen LogP contribution in [0, 0.1) is 10.6 Å². The highest BCUT2D eigenvalue weighted by Crippen LogP contribution is 2.24. The first kappa shape index (κ1) is 12.8. The highest BCUT2D eigenvalue weighted by atomic mass is 32.2. The molecule has 0 aliphatic carbocycles. The maximum absolute atomic E-state index is 13.6. The Morgan fingerprint density at radius 1 is 1.47 bits per heavy atom. The second kappa shape index (κ2) is 4.42. The molecule has 1 unspecified atom stereocenters. The van der Waals surface area contributed by atoms with Crippen LogP contribution < -0.4 is 0 Å². The molecule has 0 radical (unpaired) electrons. The SMILES string of the molecule is O=S1(=O)CCCC1Cn1c(=S)[nH]c2c(F)cccc21. The summed E-state index contributed by atoms with van der Waals surface area (Å²) in [6.07, 6.45) is 1.34. The molecule has 1 N–H and O–H groups in total. The van der Waals surface area contributed by atoms with Crippen molar-refractivity contribution in [2.45, 2.75) is 24.6 Å². The number of rotatable bonds is 2. The van der Waals surface area contributed by atoms with Crippen molar-refractivity contribution < 1.29 is 12.8 Å². The fraction of sp³-hybridized carbons (Fsp3) is 0.417. The van der Waals surface area contributed by atoms with Gasteiger partial charge in [0.2, 0.25) is 0 Å². The third-order valence-corrected chi connectivity index (χ3v) is 6.19. The Kier molecular flexibility index (Phi) is 2.98. The fourth-order valence-electron chi connectivity index (χ4n) is 2.59. The van der Waals surface area contributed by atoms with E-state index in [0.29, 0.717) is 35.2 Å². The van der Waals surface area contributed by atoms with Crippen molar-refractivity contribution in [2.75, 3.05) is 5.75 Å². The summed E-state index contributed by atoms with van der Waals surface area (Å²) < 4.78 is 39.4. The molecule has 0 bridgehead atoms. The van der Waals surface area contributed by atoms with Crippen molar-refractivity contribution in [3.05, 3.63) is 28.8 Å². The molecule has 0 spiro atoms. The van der Waals surface area contributed by atoms with Crippen LogP contribution in [0.1, 0.15) is 12.8 Å². The number of fused-ring (bicyclic) bond motifs is 1. The minimum Gasteiger partial charge on any atom is -0.328 e. The molecule has 4 nitrogen and oxygen atoms in total.